The molecule has 0 radical (unpaired) electrons. The summed E-state index contributed by atoms with van der Waals surface area (Å²) in [6, 6.07) is 9.82. The molecule has 130 valence electrons. The highest BCUT2D eigenvalue weighted by molar-refractivity contribution is 5.69. The summed E-state index contributed by atoms with van der Waals surface area (Å²) in [6.45, 7) is 2.78. The predicted molar refractivity (Wildman–Crippen MR) is 88.5 cm³/mol. The summed E-state index contributed by atoms with van der Waals surface area (Å²) in [7, 11) is 0. The number of likely N-dealkylation sites (tertiary alicyclic amines) is 1. The van der Waals surface area contributed by atoms with Crippen LogP contribution in [0.1, 0.15) is 31.2 Å². The molecular weight excluding hydrogens is 308 g/mol. The highest BCUT2D eigenvalue weighted by Gasteiger charge is 2.31. The minimum absolute atomic E-state index is 0.161. The lowest BCUT2D eigenvalue weighted by Gasteiger charge is -2.36. The minimum atomic E-state index is -0.282. The molecule has 0 N–H and O–H groups in total. The van der Waals surface area contributed by atoms with Crippen LogP contribution in [0.2, 0.25) is 0 Å². The molecule has 0 bridgehead atoms. The predicted octanol–water partition coefficient (Wildman–Crippen LogP) is 3.02. The summed E-state index contributed by atoms with van der Waals surface area (Å²) in [5.74, 6) is 0. The second kappa shape index (κ2) is 8.04. The van der Waals surface area contributed by atoms with Crippen molar-refractivity contribution in [3.8, 4) is 0 Å². The number of ether oxygens (including phenoxy) is 2. The van der Waals surface area contributed by atoms with Crippen molar-refractivity contribution in [2.24, 2.45) is 0 Å². The third-order valence-electron chi connectivity index (χ3n) is 4.62. The quantitative estimate of drug-likeness (QED) is 0.854. The van der Waals surface area contributed by atoms with Gasteiger partial charge in [0.1, 0.15) is 6.61 Å². The van der Waals surface area contributed by atoms with E-state index in [9.17, 15) is 9.59 Å². The van der Waals surface area contributed by atoms with E-state index in [1.807, 2.05) is 35.2 Å². The molecule has 1 aromatic rings. The van der Waals surface area contributed by atoms with Gasteiger partial charge in [0, 0.05) is 25.7 Å². The van der Waals surface area contributed by atoms with Crippen LogP contribution in [0.25, 0.3) is 0 Å². The van der Waals surface area contributed by atoms with E-state index >= 15 is 0 Å². The number of piperidine rings is 1. The van der Waals surface area contributed by atoms with Gasteiger partial charge in [-0.1, -0.05) is 30.3 Å². The van der Waals surface area contributed by atoms with Gasteiger partial charge in [0.05, 0.1) is 6.61 Å². The number of hydrogen-bond donors (Lipinski definition) is 0. The van der Waals surface area contributed by atoms with E-state index in [0.717, 1.165) is 37.8 Å². The van der Waals surface area contributed by atoms with E-state index in [4.69, 9.17) is 9.47 Å². The average Bonchev–Trinajstić information content (AvgIpc) is 2.85. The first-order chi connectivity index (χ1) is 11.7. The number of amides is 2. The van der Waals surface area contributed by atoms with Crippen molar-refractivity contribution in [2.45, 2.75) is 38.3 Å². The molecule has 2 heterocycles. The Kier molecular flexibility index (Phi) is 5.56. The molecule has 0 aromatic heterocycles. The zero-order chi connectivity index (χ0) is 16.8. The van der Waals surface area contributed by atoms with Crippen molar-refractivity contribution >= 4 is 12.2 Å². The summed E-state index contributed by atoms with van der Waals surface area (Å²) in [6.07, 6.45) is 2.96. The highest BCUT2D eigenvalue weighted by Crippen LogP contribution is 2.20. The molecule has 2 aliphatic rings. The Labute approximate surface area is 142 Å². The van der Waals surface area contributed by atoms with Gasteiger partial charge in [0.2, 0.25) is 0 Å². The summed E-state index contributed by atoms with van der Waals surface area (Å²) in [5, 5.41) is 0. The maximum Gasteiger partial charge on any atom is 0.410 e. The summed E-state index contributed by atoms with van der Waals surface area (Å²) < 4.78 is 10.6. The fraction of sp³-hybridized carbons (Fsp3) is 0.556. The van der Waals surface area contributed by atoms with Crippen molar-refractivity contribution in [3.05, 3.63) is 35.9 Å². The third kappa shape index (κ3) is 4.19. The molecule has 2 fully saturated rings. The standard InChI is InChI=1S/C18H24N2O4/c21-17(24-14-15-6-2-1-3-7-15)19-11-8-16(9-12-19)20-10-4-5-13-23-18(20)22/h1-3,6-7,16H,4-5,8-14H2. The number of nitrogens with zero attached hydrogens (tertiary/aromatic N) is 2. The smallest absolute Gasteiger partial charge is 0.410 e. The van der Waals surface area contributed by atoms with Crippen LogP contribution >= 0.6 is 0 Å². The molecule has 0 saturated carbocycles. The molecule has 2 amide bonds. The van der Waals surface area contributed by atoms with Crippen molar-refractivity contribution in [1.29, 1.82) is 0 Å². The Hall–Kier alpha value is -2.24. The number of hydrogen-bond acceptors (Lipinski definition) is 4. The van der Waals surface area contributed by atoms with Gasteiger partial charge in [0.25, 0.3) is 0 Å². The van der Waals surface area contributed by atoms with Gasteiger partial charge in [-0.2, -0.15) is 0 Å². The largest absolute Gasteiger partial charge is 0.449 e. The molecule has 1 aromatic carbocycles. The molecule has 0 atom stereocenters. The summed E-state index contributed by atoms with van der Waals surface area (Å²) >= 11 is 0. The molecule has 3 rings (SSSR count). The number of carbonyl (C=O) groups excluding carboxylic acids is 2. The second-order valence-corrected chi connectivity index (χ2v) is 6.27. The van der Waals surface area contributed by atoms with Gasteiger partial charge in [-0.15, -0.1) is 0 Å². The van der Waals surface area contributed by atoms with Crippen LogP contribution in [-0.2, 0) is 16.1 Å². The van der Waals surface area contributed by atoms with Gasteiger partial charge in [-0.25, -0.2) is 9.59 Å². The zero-order valence-electron chi connectivity index (χ0n) is 13.9. The Morgan fingerprint density at radius 1 is 1.12 bits per heavy atom. The van der Waals surface area contributed by atoms with Gasteiger partial charge in [-0.05, 0) is 31.2 Å². The van der Waals surface area contributed by atoms with Gasteiger partial charge in [-0.3, -0.25) is 0 Å². The fourth-order valence-electron chi connectivity index (χ4n) is 3.22. The lowest BCUT2D eigenvalue weighted by atomic mass is 10.0. The van der Waals surface area contributed by atoms with Crippen molar-refractivity contribution in [1.82, 2.24) is 9.80 Å². The topological polar surface area (TPSA) is 59.1 Å². The first kappa shape index (κ1) is 16.6. The fourth-order valence-corrected chi connectivity index (χ4v) is 3.22. The first-order valence-corrected chi connectivity index (χ1v) is 8.63. The number of rotatable bonds is 3. The molecule has 6 heteroatoms. The summed E-state index contributed by atoms with van der Waals surface area (Å²) in [5.41, 5.74) is 0.980. The van der Waals surface area contributed by atoms with Crippen LogP contribution in [0.3, 0.4) is 0 Å². The van der Waals surface area contributed by atoms with Gasteiger partial charge >= 0.3 is 12.2 Å². The summed E-state index contributed by atoms with van der Waals surface area (Å²) in [4.78, 5) is 27.7. The normalized spacial score (nSPS) is 19.6. The molecule has 24 heavy (non-hydrogen) atoms. The lowest BCUT2D eigenvalue weighted by Crippen LogP contribution is -2.48. The molecular formula is C18H24N2O4. The number of cyclic esters (lactones) is 1. The van der Waals surface area contributed by atoms with Crippen LogP contribution in [-0.4, -0.2) is 54.3 Å². The maximum absolute atomic E-state index is 12.2. The van der Waals surface area contributed by atoms with Crippen molar-refractivity contribution < 1.29 is 19.1 Å². The van der Waals surface area contributed by atoms with Crippen LogP contribution in [0.5, 0.6) is 0 Å². The van der Waals surface area contributed by atoms with Crippen molar-refractivity contribution in [2.75, 3.05) is 26.2 Å². The van der Waals surface area contributed by atoms with Crippen LogP contribution in [0.4, 0.5) is 9.59 Å². The van der Waals surface area contributed by atoms with Crippen molar-refractivity contribution in [3.63, 3.8) is 0 Å². The zero-order valence-corrected chi connectivity index (χ0v) is 13.9. The Morgan fingerprint density at radius 3 is 2.62 bits per heavy atom. The van der Waals surface area contributed by atoms with E-state index in [0.29, 0.717) is 19.7 Å². The number of benzene rings is 1. The highest BCUT2D eigenvalue weighted by atomic mass is 16.6. The van der Waals surface area contributed by atoms with E-state index in [1.165, 1.54) is 0 Å². The van der Waals surface area contributed by atoms with E-state index in [1.54, 1.807) is 4.90 Å². The molecule has 6 nitrogen and oxygen atoms in total. The van der Waals surface area contributed by atoms with E-state index < -0.39 is 0 Å². The second-order valence-electron chi connectivity index (χ2n) is 6.27. The Bertz CT molecular complexity index is 555. The van der Waals surface area contributed by atoms with E-state index in [2.05, 4.69) is 0 Å². The lowest BCUT2D eigenvalue weighted by molar-refractivity contribution is 0.0618. The molecule has 2 saturated heterocycles. The molecule has 0 unspecified atom stereocenters. The van der Waals surface area contributed by atoms with Gasteiger partial charge < -0.3 is 19.3 Å². The molecule has 2 aliphatic heterocycles. The van der Waals surface area contributed by atoms with Crippen LogP contribution in [0.15, 0.2) is 30.3 Å². The number of carbonyl (C=O) groups is 2. The average molecular weight is 332 g/mol. The van der Waals surface area contributed by atoms with Gasteiger partial charge in [0.15, 0.2) is 0 Å². The Balaban J connectivity index is 1.45. The SMILES string of the molecule is O=C(OCc1ccccc1)N1CCC(N2CCCCOC2=O)CC1. The first-order valence-electron chi connectivity index (χ1n) is 8.63. The van der Waals surface area contributed by atoms with E-state index in [-0.39, 0.29) is 24.8 Å². The maximum atomic E-state index is 12.2. The Morgan fingerprint density at radius 2 is 1.88 bits per heavy atom. The monoisotopic (exact) mass is 332 g/mol. The third-order valence-corrected chi connectivity index (χ3v) is 4.62. The van der Waals surface area contributed by atoms with Crippen LogP contribution < -0.4 is 0 Å². The molecule has 0 aliphatic carbocycles. The van der Waals surface area contributed by atoms with Crippen LogP contribution in [0, 0.1) is 0 Å². The minimum Gasteiger partial charge on any atom is -0.449 e. The molecule has 0 spiro atoms.